The maximum Gasteiger partial charge on any atom is 0.247 e. The van der Waals surface area contributed by atoms with Crippen LogP contribution in [0, 0.1) is 18.3 Å². The highest BCUT2D eigenvalue weighted by molar-refractivity contribution is 5.90. The number of aryl methyl sites for hydroxylation is 2. The number of benzene rings is 2. The third-order valence-corrected chi connectivity index (χ3v) is 4.15. The lowest BCUT2D eigenvalue weighted by Crippen LogP contribution is -2.12. The Bertz CT molecular complexity index is 990. The molecule has 3 aromatic rings. The van der Waals surface area contributed by atoms with E-state index in [1.807, 2.05) is 37.3 Å². The Kier molecular flexibility index (Phi) is 6.95. The van der Waals surface area contributed by atoms with Gasteiger partial charge in [0.15, 0.2) is 0 Å². The highest BCUT2D eigenvalue weighted by Gasteiger charge is 2.11. The summed E-state index contributed by atoms with van der Waals surface area (Å²) in [6.07, 6.45) is 1.71. The molecule has 0 saturated heterocycles. The molecule has 7 heteroatoms. The van der Waals surface area contributed by atoms with E-state index in [4.69, 9.17) is 14.4 Å². The predicted octanol–water partition coefficient (Wildman–Crippen LogP) is 4.30. The minimum atomic E-state index is -0.151. The molecule has 7 nitrogen and oxygen atoms in total. The molecule has 0 bridgehead atoms. The number of carbonyl (C=O) groups is 1. The quantitative estimate of drug-likeness (QED) is 0.547. The second kappa shape index (κ2) is 10.0. The topological polar surface area (TPSA) is 101 Å². The highest BCUT2D eigenvalue weighted by Crippen LogP contribution is 2.20. The zero-order valence-electron chi connectivity index (χ0n) is 16.2. The first-order valence-corrected chi connectivity index (χ1v) is 9.43. The Morgan fingerprint density at radius 2 is 2.03 bits per heavy atom. The van der Waals surface area contributed by atoms with Gasteiger partial charge in [-0.2, -0.15) is 5.26 Å². The summed E-state index contributed by atoms with van der Waals surface area (Å²) in [6, 6.07) is 17.1. The number of nitrogens with zero attached hydrogens (tertiary/aromatic N) is 3. The summed E-state index contributed by atoms with van der Waals surface area (Å²) in [5, 5.41) is 19.4. The van der Waals surface area contributed by atoms with Gasteiger partial charge in [-0.05, 0) is 37.6 Å². The largest absolute Gasteiger partial charge is 0.493 e. The van der Waals surface area contributed by atoms with Gasteiger partial charge in [0.25, 0.3) is 0 Å². The van der Waals surface area contributed by atoms with Gasteiger partial charge in [0, 0.05) is 36.6 Å². The van der Waals surface area contributed by atoms with E-state index in [1.54, 1.807) is 18.2 Å². The van der Waals surface area contributed by atoms with Gasteiger partial charge in [-0.25, -0.2) is 0 Å². The zero-order chi connectivity index (χ0) is 20.5. The number of anilines is 1. The molecule has 148 valence electrons. The van der Waals surface area contributed by atoms with E-state index in [9.17, 15) is 4.79 Å². The van der Waals surface area contributed by atoms with Crippen LogP contribution in [0.2, 0.25) is 0 Å². The fraction of sp³-hybridized carbons (Fsp3) is 0.273. The lowest BCUT2D eigenvalue weighted by atomic mass is 10.1. The van der Waals surface area contributed by atoms with Crippen LogP contribution in [0.4, 0.5) is 5.69 Å². The van der Waals surface area contributed by atoms with E-state index in [0.717, 1.165) is 11.1 Å². The summed E-state index contributed by atoms with van der Waals surface area (Å²) < 4.78 is 11.2. The van der Waals surface area contributed by atoms with Crippen molar-refractivity contribution in [2.45, 2.75) is 32.6 Å². The monoisotopic (exact) mass is 390 g/mol. The Hall–Kier alpha value is -3.66. The molecule has 1 N–H and O–H groups in total. The molecule has 1 heterocycles. The summed E-state index contributed by atoms with van der Waals surface area (Å²) in [4.78, 5) is 12.2. The van der Waals surface area contributed by atoms with Crippen LogP contribution in [0.3, 0.4) is 0 Å². The maximum atomic E-state index is 12.2. The molecule has 29 heavy (non-hydrogen) atoms. The first kappa shape index (κ1) is 20.1. The van der Waals surface area contributed by atoms with Crippen LogP contribution in [0.25, 0.3) is 11.5 Å². The fourth-order valence-electron chi connectivity index (χ4n) is 2.62. The smallest absolute Gasteiger partial charge is 0.247 e. The van der Waals surface area contributed by atoms with Gasteiger partial charge in [0.2, 0.25) is 17.7 Å². The van der Waals surface area contributed by atoms with E-state index >= 15 is 0 Å². The van der Waals surface area contributed by atoms with Crippen LogP contribution in [-0.2, 0) is 11.2 Å². The van der Waals surface area contributed by atoms with Crippen LogP contribution in [-0.4, -0.2) is 22.7 Å². The van der Waals surface area contributed by atoms with Crippen molar-refractivity contribution >= 4 is 11.6 Å². The molecule has 0 aliphatic heterocycles. The lowest BCUT2D eigenvalue weighted by Gasteiger charge is -2.08. The van der Waals surface area contributed by atoms with Gasteiger partial charge in [-0.3, -0.25) is 4.79 Å². The minimum Gasteiger partial charge on any atom is -0.493 e. The third-order valence-electron chi connectivity index (χ3n) is 4.15. The van der Waals surface area contributed by atoms with Crippen LogP contribution in [0.1, 0.15) is 30.7 Å². The summed E-state index contributed by atoms with van der Waals surface area (Å²) in [7, 11) is 0. The number of nitrogens with one attached hydrogen (secondary N) is 1. The molecule has 0 aliphatic carbocycles. The normalized spacial score (nSPS) is 10.3. The molecular formula is C22H22N4O3. The number of hydrogen-bond acceptors (Lipinski definition) is 6. The van der Waals surface area contributed by atoms with Crippen molar-refractivity contribution in [2.75, 3.05) is 11.9 Å². The Morgan fingerprint density at radius 3 is 2.83 bits per heavy atom. The van der Waals surface area contributed by atoms with E-state index in [1.165, 1.54) is 0 Å². The second-order valence-electron chi connectivity index (χ2n) is 6.55. The van der Waals surface area contributed by atoms with Crippen molar-refractivity contribution in [1.29, 1.82) is 5.26 Å². The Balaban J connectivity index is 1.49. The number of rotatable bonds is 9. The minimum absolute atomic E-state index is 0.151. The first-order valence-electron chi connectivity index (χ1n) is 9.43. The van der Waals surface area contributed by atoms with Gasteiger partial charge < -0.3 is 14.5 Å². The van der Waals surface area contributed by atoms with Crippen molar-refractivity contribution in [3.8, 4) is 23.3 Å². The molecule has 0 atom stereocenters. The average Bonchev–Trinajstić information content (AvgIpc) is 3.20. The third kappa shape index (κ3) is 6.18. The van der Waals surface area contributed by atoms with Crippen molar-refractivity contribution < 1.29 is 13.9 Å². The van der Waals surface area contributed by atoms with E-state index < -0.39 is 0 Å². The Morgan fingerprint density at radius 1 is 1.21 bits per heavy atom. The maximum absolute atomic E-state index is 12.2. The van der Waals surface area contributed by atoms with E-state index in [0.29, 0.717) is 49.1 Å². The molecule has 2 aromatic carbocycles. The van der Waals surface area contributed by atoms with Crippen LogP contribution < -0.4 is 10.1 Å². The van der Waals surface area contributed by atoms with Gasteiger partial charge in [-0.15, -0.1) is 10.2 Å². The molecule has 0 spiro atoms. The highest BCUT2D eigenvalue weighted by atomic mass is 16.5. The van der Waals surface area contributed by atoms with Crippen LogP contribution >= 0.6 is 0 Å². The zero-order valence-corrected chi connectivity index (χ0v) is 16.2. The molecular weight excluding hydrogens is 368 g/mol. The molecule has 0 saturated carbocycles. The molecule has 1 aromatic heterocycles. The summed E-state index contributed by atoms with van der Waals surface area (Å²) in [5.41, 5.74) is 2.66. The number of hydrogen-bond donors (Lipinski definition) is 1. The van der Waals surface area contributed by atoms with Crippen molar-refractivity contribution in [3.05, 3.63) is 60.0 Å². The molecule has 0 unspecified atom stereocenters. The lowest BCUT2D eigenvalue weighted by molar-refractivity contribution is -0.116. The van der Waals surface area contributed by atoms with Gasteiger partial charge in [0.05, 0.1) is 12.7 Å². The molecule has 0 aliphatic rings. The SMILES string of the molecule is Cc1ccc(-c2nnc(CCC(=O)Nc3cccc(OCCCC#N)c3)o2)cc1. The summed E-state index contributed by atoms with van der Waals surface area (Å²) >= 11 is 0. The first-order chi connectivity index (χ1) is 14.1. The molecule has 0 fully saturated rings. The second-order valence-corrected chi connectivity index (χ2v) is 6.55. The summed E-state index contributed by atoms with van der Waals surface area (Å²) in [5.74, 6) is 1.37. The van der Waals surface area contributed by atoms with E-state index in [-0.39, 0.29) is 12.3 Å². The molecule has 3 rings (SSSR count). The fourth-order valence-corrected chi connectivity index (χ4v) is 2.62. The van der Waals surface area contributed by atoms with Gasteiger partial charge >= 0.3 is 0 Å². The number of aromatic nitrogens is 2. The Labute approximate surface area is 169 Å². The average molecular weight is 390 g/mol. The molecule has 1 amide bonds. The number of amides is 1. The van der Waals surface area contributed by atoms with Crippen molar-refractivity contribution in [3.63, 3.8) is 0 Å². The number of ether oxygens (including phenoxy) is 1. The van der Waals surface area contributed by atoms with Crippen molar-refractivity contribution in [1.82, 2.24) is 10.2 Å². The number of nitriles is 1. The van der Waals surface area contributed by atoms with Crippen LogP contribution in [0.5, 0.6) is 5.75 Å². The summed E-state index contributed by atoms with van der Waals surface area (Å²) in [6.45, 7) is 2.48. The van der Waals surface area contributed by atoms with E-state index in [2.05, 4.69) is 21.6 Å². The van der Waals surface area contributed by atoms with Crippen molar-refractivity contribution in [2.24, 2.45) is 0 Å². The van der Waals surface area contributed by atoms with Gasteiger partial charge in [0.1, 0.15) is 5.75 Å². The van der Waals surface area contributed by atoms with Gasteiger partial charge in [-0.1, -0.05) is 23.8 Å². The number of unbranched alkanes of at least 4 members (excludes halogenated alkanes) is 1. The predicted molar refractivity (Wildman–Crippen MR) is 108 cm³/mol. The number of carbonyl (C=O) groups excluding carboxylic acids is 1. The standard InChI is InChI=1S/C22H22N4O3/c1-16-7-9-17(10-8-16)22-26-25-21(29-22)12-11-20(27)24-18-5-4-6-19(15-18)28-14-3-2-13-23/h4-10,15H,2-3,11-12,14H2,1H3,(H,24,27). The molecule has 0 radical (unpaired) electrons. The van der Waals surface area contributed by atoms with Crippen LogP contribution in [0.15, 0.2) is 52.9 Å².